The fraction of sp³-hybridized carbons (Fsp3) is 0.0110. The van der Waals surface area contributed by atoms with E-state index in [2.05, 4.69) is 349 Å². The van der Waals surface area contributed by atoms with E-state index in [1.165, 1.54) is 27.2 Å². The standard InChI is InChI=1S/C91H60BN3O2/c1-3-26-67(60-29-10-5-11-30-60)89(58(2)59-27-8-4-9-28-59)95-82-55-64(63-49-52-87-76(53-63)74-38-19-22-45-85(74)96-87)47-50-77(82)92-78-54-65(70-41-25-42-75-73-37-18-23-46-86(73)97-91(70)75)48-51-81(78)94(90-68(61-31-12-6-13-32-61)39-24-40-69(90)62-33-14-7-15-34-62)83-56-66(57-84(95)88(83)92)93-79-43-20-16-35-71(79)72-36-17-21-44-80(72)93/h3-57H,1H2,2H3/b67-26-,89-58-. The van der Waals surface area contributed by atoms with Crippen molar-refractivity contribution in [2.24, 2.45) is 0 Å². The quantitative estimate of drug-likeness (QED) is 0.0955. The number of fused-ring (bicyclic) bond motifs is 13. The van der Waals surface area contributed by atoms with Gasteiger partial charge in [0.1, 0.15) is 22.3 Å². The molecule has 0 unspecified atom stereocenters. The minimum Gasteiger partial charge on any atom is -0.456 e. The first-order valence-electron chi connectivity index (χ1n) is 33.3. The van der Waals surface area contributed by atoms with Crippen LogP contribution in [0.25, 0.3) is 127 Å². The molecule has 0 fully saturated rings. The average molecular weight is 1240 g/mol. The van der Waals surface area contributed by atoms with Gasteiger partial charge in [0.25, 0.3) is 6.71 Å². The topological polar surface area (TPSA) is 37.7 Å². The van der Waals surface area contributed by atoms with E-state index in [9.17, 15) is 0 Å². The van der Waals surface area contributed by atoms with E-state index in [1.807, 2.05) is 12.1 Å². The highest BCUT2D eigenvalue weighted by Gasteiger charge is 2.46. The van der Waals surface area contributed by atoms with Gasteiger partial charge in [0.2, 0.25) is 0 Å². The first kappa shape index (κ1) is 56.0. The predicted molar refractivity (Wildman–Crippen MR) is 409 cm³/mol. The molecular formula is C91H60BN3O2. The molecule has 0 aliphatic carbocycles. The molecular weight excluding hydrogens is 1180 g/mol. The molecule has 0 N–H and O–H groups in total. The SMILES string of the molecule is C=C/C=C(\C(=C(/C)c1ccccc1)N1c2cc(-c3ccc4oc5ccccc5c4c3)ccc2B2c3cc(-c4cccc5c4oc4ccccc45)ccc3N(c3c(-c4ccccc4)cccc3-c3ccccc3)c3cc(-n4c5ccccc5c5ccccc54)cc1c32)c1ccccc1. The molecule has 6 heteroatoms. The molecule has 5 heterocycles. The van der Waals surface area contributed by atoms with Gasteiger partial charge in [-0.05, 0) is 128 Å². The van der Waals surface area contributed by atoms with Gasteiger partial charge < -0.3 is 23.2 Å². The lowest BCUT2D eigenvalue weighted by Crippen LogP contribution is -2.62. The lowest BCUT2D eigenvalue weighted by Gasteiger charge is -2.46. The summed E-state index contributed by atoms with van der Waals surface area (Å²) in [5.41, 5.74) is 29.6. The normalized spacial score (nSPS) is 13.0. The van der Waals surface area contributed by atoms with Crippen LogP contribution in [-0.2, 0) is 0 Å². The van der Waals surface area contributed by atoms with Crippen LogP contribution in [-0.4, -0.2) is 11.3 Å². The van der Waals surface area contributed by atoms with Crippen LogP contribution in [0.2, 0.25) is 0 Å². The summed E-state index contributed by atoms with van der Waals surface area (Å²) in [4.78, 5) is 5.26. The van der Waals surface area contributed by atoms with Crippen LogP contribution in [0.5, 0.6) is 0 Å². The summed E-state index contributed by atoms with van der Waals surface area (Å²) in [6.45, 7) is 6.47. The molecule has 0 saturated carbocycles. The molecule has 3 aromatic heterocycles. The molecule has 0 saturated heterocycles. The predicted octanol–water partition coefficient (Wildman–Crippen LogP) is 22.7. The summed E-state index contributed by atoms with van der Waals surface area (Å²) < 4.78 is 15.9. The highest BCUT2D eigenvalue weighted by atomic mass is 16.3. The van der Waals surface area contributed by atoms with E-state index >= 15 is 0 Å². The highest BCUT2D eigenvalue weighted by molar-refractivity contribution is 7.00. The van der Waals surface area contributed by atoms with Gasteiger partial charge in [0, 0.05) is 77.3 Å². The van der Waals surface area contributed by atoms with E-state index in [4.69, 9.17) is 8.83 Å². The molecule has 97 heavy (non-hydrogen) atoms. The van der Waals surface area contributed by atoms with Crippen LogP contribution in [0.15, 0.2) is 355 Å². The maximum atomic E-state index is 6.94. The minimum atomic E-state index is -0.315. The fourth-order valence-electron chi connectivity index (χ4n) is 15.9. The van der Waals surface area contributed by atoms with Crippen LogP contribution in [0.1, 0.15) is 18.1 Å². The second kappa shape index (κ2) is 22.6. The third kappa shape index (κ3) is 8.88. The van der Waals surface area contributed by atoms with Crippen molar-refractivity contribution in [1.82, 2.24) is 4.57 Å². The monoisotopic (exact) mass is 1240 g/mol. The van der Waals surface area contributed by atoms with Crippen molar-refractivity contribution in [1.29, 1.82) is 0 Å². The fourth-order valence-corrected chi connectivity index (χ4v) is 15.9. The molecule has 0 atom stereocenters. The zero-order chi connectivity index (χ0) is 64.2. The van der Waals surface area contributed by atoms with Crippen LogP contribution in [0.3, 0.4) is 0 Å². The molecule has 5 nitrogen and oxygen atoms in total. The molecule has 0 radical (unpaired) electrons. The number of allylic oxidation sites excluding steroid dienone is 4. The highest BCUT2D eigenvalue weighted by Crippen LogP contribution is 2.53. The van der Waals surface area contributed by atoms with E-state index in [0.29, 0.717) is 0 Å². The Morgan fingerprint density at radius 3 is 1.58 bits per heavy atom. The summed E-state index contributed by atoms with van der Waals surface area (Å²) in [5.74, 6) is 0. The molecule has 454 valence electrons. The van der Waals surface area contributed by atoms with Gasteiger partial charge in [0.15, 0.2) is 0 Å². The number of anilines is 5. The maximum Gasteiger partial charge on any atom is 0.252 e. The van der Waals surface area contributed by atoms with Crippen molar-refractivity contribution in [2.75, 3.05) is 9.80 Å². The lowest BCUT2D eigenvalue weighted by molar-refractivity contribution is 0.669. The first-order valence-corrected chi connectivity index (χ1v) is 33.3. The molecule has 14 aromatic carbocycles. The number of rotatable bonds is 11. The maximum absolute atomic E-state index is 6.94. The van der Waals surface area contributed by atoms with Gasteiger partial charge in [-0.1, -0.05) is 280 Å². The molecule has 0 spiro atoms. The van der Waals surface area contributed by atoms with E-state index < -0.39 is 0 Å². The van der Waals surface area contributed by atoms with Crippen molar-refractivity contribution in [3.05, 3.63) is 357 Å². The zero-order valence-corrected chi connectivity index (χ0v) is 53.2. The van der Waals surface area contributed by atoms with E-state index in [-0.39, 0.29) is 6.71 Å². The molecule has 2 aliphatic rings. The van der Waals surface area contributed by atoms with E-state index in [1.54, 1.807) is 0 Å². The summed E-state index contributed by atoms with van der Waals surface area (Å²) in [5, 5.41) is 6.72. The molecule has 2 aliphatic heterocycles. The van der Waals surface area contributed by atoms with Crippen LogP contribution >= 0.6 is 0 Å². The Balaban J connectivity index is 1.000. The largest absolute Gasteiger partial charge is 0.456 e. The van der Waals surface area contributed by atoms with Gasteiger partial charge in [-0.3, -0.25) is 0 Å². The number of nitrogens with zero attached hydrogens (tertiary/aromatic N) is 3. The van der Waals surface area contributed by atoms with Gasteiger partial charge >= 0.3 is 0 Å². The van der Waals surface area contributed by atoms with Crippen molar-refractivity contribution < 1.29 is 8.83 Å². The Morgan fingerprint density at radius 2 is 0.897 bits per heavy atom. The Hall–Kier alpha value is -12.6. The van der Waals surface area contributed by atoms with Crippen molar-refractivity contribution >= 4 is 128 Å². The van der Waals surface area contributed by atoms with Crippen LogP contribution < -0.4 is 26.2 Å². The second-order valence-electron chi connectivity index (χ2n) is 25.5. The average Bonchev–Trinajstić information content (AvgIpc) is 0.909. The summed E-state index contributed by atoms with van der Waals surface area (Å²) >= 11 is 0. The number of hydrogen-bond donors (Lipinski definition) is 0. The van der Waals surface area contributed by atoms with Crippen LogP contribution in [0.4, 0.5) is 28.4 Å². The van der Waals surface area contributed by atoms with Crippen molar-refractivity contribution in [2.45, 2.75) is 6.92 Å². The summed E-state index contributed by atoms with van der Waals surface area (Å²) in [6, 6.07) is 118. The van der Waals surface area contributed by atoms with Gasteiger partial charge in [-0.25, -0.2) is 0 Å². The number of hydrogen-bond acceptors (Lipinski definition) is 4. The van der Waals surface area contributed by atoms with Crippen molar-refractivity contribution in [3.8, 4) is 50.2 Å². The van der Waals surface area contributed by atoms with Gasteiger partial charge in [-0.15, -0.1) is 0 Å². The Morgan fingerprint density at radius 1 is 0.371 bits per heavy atom. The molecule has 0 bridgehead atoms. The zero-order valence-electron chi connectivity index (χ0n) is 53.2. The van der Waals surface area contributed by atoms with Gasteiger partial charge in [0.05, 0.1) is 28.1 Å². The Labute approximate surface area is 562 Å². The number of benzene rings is 14. The number of para-hydroxylation sites is 6. The minimum absolute atomic E-state index is 0.315. The lowest BCUT2D eigenvalue weighted by atomic mass is 9.33. The third-order valence-electron chi connectivity index (χ3n) is 20.2. The van der Waals surface area contributed by atoms with E-state index in [0.717, 1.165) is 162 Å². The van der Waals surface area contributed by atoms with Crippen LogP contribution in [0, 0.1) is 0 Å². The second-order valence-corrected chi connectivity index (χ2v) is 25.5. The third-order valence-corrected chi connectivity index (χ3v) is 20.2. The first-order chi connectivity index (χ1) is 48.0. The Kier molecular flexibility index (Phi) is 13.0. The summed E-state index contributed by atoms with van der Waals surface area (Å²) in [6.07, 6.45) is 4.16. The molecule has 0 amide bonds. The number of aromatic nitrogens is 1. The van der Waals surface area contributed by atoms with Gasteiger partial charge in [-0.2, -0.15) is 0 Å². The summed E-state index contributed by atoms with van der Waals surface area (Å²) in [7, 11) is 0. The van der Waals surface area contributed by atoms with Crippen molar-refractivity contribution in [3.63, 3.8) is 0 Å². The molecule has 17 aromatic rings. The Bertz CT molecular complexity index is 6000. The number of furan rings is 2. The smallest absolute Gasteiger partial charge is 0.252 e. The molecule has 19 rings (SSSR count).